The monoisotopic (exact) mass is 310 g/mol. The highest BCUT2D eigenvalue weighted by atomic mass is 32.2. The summed E-state index contributed by atoms with van der Waals surface area (Å²) in [5.74, 6) is 5.18. The van der Waals surface area contributed by atoms with E-state index in [2.05, 4.69) is 26.9 Å². The minimum atomic E-state index is -3.20. The molecule has 21 heavy (non-hydrogen) atoms. The van der Waals surface area contributed by atoms with Gasteiger partial charge in [-0.2, -0.15) is 0 Å². The number of amides is 1. The minimum Gasteiger partial charge on any atom is -0.352 e. The first-order valence-electron chi connectivity index (χ1n) is 6.30. The highest BCUT2D eigenvalue weighted by Gasteiger charge is 2.09. The van der Waals surface area contributed by atoms with E-state index in [9.17, 15) is 13.2 Å². The Balaban J connectivity index is 2.53. The van der Waals surface area contributed by atoms with E-state index in [1.807, 2.05) is 0 Å². The summed E-state index contributed by atoms with van der Waals surface area (Å²) in [5, 5.41) is 2.70. The van der Waals surface area contributed by atoms with Crippen molar-refractivity contribution >= 4 is 15.9 Å². The van der Waals surface area contributed by atoms with Crippen molar-refractivity contribution in [3.63, 3.8) is 0 Å². The predicted molar refractivity (Wildman–Crippen MR) is 80.0 cm³/mol. The van der Waals surface area contributed by atoms with Crippen LogP contribution in [0.3, 0.4) is 0 Å². The zero-order chi connectivity index (χ0) is 15.7. The summed E-state index contributed by atoms with van der Waals surface area (Å²) < 4.78 is 24.1. The van der Waals surface area contributed by atoms with Crippen LogP contribution in [0.2, 0.25) is 0 Å². The van der Waals surface area contributed by atoms with Crippen LogP contribution in [0.25, 0.3) is 0 Å². The molecule has 4 N–H and O–H groups in total. The summed E-state index contributed by atoms with van der Waals surface area (Å²) in [4.78, 5) is 15.9. The molecule has 0 fully saturated rings. The summed E-state index contributed by atoms with van der Waals surface area (Å²) >= 11 is 0. The molecule has 1 amide bonds. The SMILES string of the molecule is CS(=O)(=O)NCCCNC(=O)c1ccncc1C#CCN. The molecule has 0 spiro atoms. The second-order valence-electron chi connectivity index (χ2n) is 4.20. The standard InChI is InChI=1S/C13H18N4O3S/c1-21(19,20)17-8-3-7-16-13(18)12-5-9-15-10-11(12)4-2-6-14/h5,9-10,17H,3,6-8,14H2,1H3,(H,16,18). The number of aromatic nitrogens is 1. The Labute approximate surface area is 124 Å². The quantitative estimate of drug-likeness (QED) is 0.463. The normalized spacial score (nSPS) is 10.6. The Morgan fingerprint density at radius 3 is 2.86 bits per heavy atom. The van der Waals surface area contributed by atoms with Gasteiger partial charge in [0.2, 0.25) is 10.0 Å². The molecular formula is C13H18N4O3S. The van der Waals surface area contributed by atoms with Crippen LogP contribution in [0.15, 0.2) is 18.5 Å². The molecule has 0 aliphatic carbocycles. The Hall–Kier alpha value is -1.95. The lowest BCUT2D eigenvalue weighted by Gasteiger charge is -2.07. The summed E-state index contributed by atoms with van der Waals surface area (Å²) in [6.45, 7) is 0.829. The van der Waals surface area contributed by atoms with Gasteiger partial charge in [-0.25, -0.2) is 13.1 Å². The van der Waals surface area contributed by atoms with Crippen LogP contribution >= 0.6 is 0 Å². The Bertz CT molecular complexity index is 647. The topological polar surface area (TPSA) is 114 Å². The fraction of sp³-hybridized carbons (Fsp3) is 0.385. The van der Waals surface area contributed by atoms with Gasteiger partial charge in [-0.05, 0) is 12.5 Å². The van der Waals surface area contributed by atoms with Crippen LogP contribution in [-0.4, -0.2) is 45.2 Å². The fourth-order valence-electron chi connectivity index (χ4n) is 1.48. The number of carbonyl (C=O) groups is 1. The van der Waals surface area contributed by atoms with Crippen molar-refractivity contribution in [3.05, 3.63) is 29.6 Å². The minimum absolute atomic E-state index is 0.202. The molecule has 0 saturated carbocycles. The number of nitrogens with one attached hydrogen (secondary N) is 2. The zero-order valence-electron chi connectivity index (χ0n) is 11.7. The van der Waals surface area contributed by atoms with Gasteiger partial charge in [0.15, 0.2) is 0 Å². The second-order valence-corrected chi connectivity index (χ2v) is 6.04. The maximum atomic E-state index is 12.0. The lowest BCUT2D eigenvalue weighted by molar-refractivity contribution is 0.0953. The summed E-state index contributed by atoms with van der Waals surface area (Å²) in [5.41, 5.74) is 6.23. The molecule has 114 valence electrons. The Morgan fingerprint density at radius 1 is 1.43 bits per heavy atom. The van der Waals surface area contributed by atoms with E-state index in [-0.39, 0.29) is 19.0 Å². The molecule has 0 bridgehead atoms. The number of sulfonamides is 1. The number of rotatable bonds is 6. The molecule has 0 atom stereocenters. The van der Waals surface area contributed by atoms with Gasteiger partial charge in [0.25, 0.3) is 5.91 Å². The number of hydrogen-bond acceptors (Lipinski definition) is 5. The molecule has 0 unspecified atom stereocenters. The average molecular weight is 310 g/mol. The highest BCUT2D eigenvalue weighted by Crippen LogP contribution is 2.05. The molecule has 1 aromatic heterocycles. The smallest absolute Gasteiger partial charge is 0.252 e. The maximum absolute atomic E-state index is 12.0. The Kier molecular flexibility index (Phi) is 6.81. The molecule has 0 aliphatic heterocycles. The van der Waals surface area contributed by atoms with E-state index in [0.717, 1.165) is 6.26 Å². The number of nitrogens with two attached hydrogens (primary N) is 1. The van der Waals surface area contributed by atoms with E-state index < -0.39 is 10.0 Å². The summed E-state index contributed by atoms with van der Waals surface area (Å²) in [6.07, 6.45) is 4.59. The van der Waals surface area contributed by atoms with E-state index in [1.165, 1.54) is 12.4 Å². The van der Waals surface area contributed by atoms with E-state index in [1.54, 1.807) is 6.07 Å². The highest BCUT2D eigenvalue weighted by molar-refractivity contribution is 7.88. The first kappa shape index (κ1) is 17.1. The van der Waals surface area contributed by atoms with Gasteiger partial charge in [0.1, 0.15) is 0 Å². The molecular weight excluding hydrogens is 292 g/mol. The molecule has 1 aromatic rings. The van der Waals surface area contributed by atoms with Gasteiger partial charge in [0.05, 0.1) is 23.9 Å². The summed E-state index contributed by atoms with van der Waals surface area (Å²) in [6, 6.07) is 1.57. The third-order valence-electron chi connectivity index (χ3n) is 2.39. The van der Waals surface area contributed by atoms with Crippen molar-refractivity contribution in [2.45, 2.75) is 6.42 Å². The average Bonchev–Trinajstić information content (AvgIpc) is 2.43. The number of pyridine rings is 1. The van der Waals surface area contributed by atoms with Crippen LogP contribution < -0.4 is 15.8 Å². The maximum Gasteiger partial charge on any atom is 0.252 e. The van der Waals surface area contributed by atoms with Crippen LogP contribution in [0.5, 0.6) is 0 Å². The van der Waals surface area contributed by atoms with Gasteiger partial charge in [-0.15, -0.1) is 0 Å². The Morgan fingerprint density at radius 2 is 2.19 bits per heavy atom. The first-order valence-corrected chi connectivity index (χ1v) is 8.19. The van der Waals surface area contributed by atoms with Crippen molar-refractivity contribution in [1.29, 1.82) is 0 Å². The van der Waals surface area contributed by atoms with Gasteiger partial charge in [-0.3, -0.25) is 9.78 Å². The van der Waals surface area contributed by atoms with Crippen molar-refractivity contribution in [3.8, 4) is 11.8 Å². The lowest BCUT2D eigenvalue weighted by Crippen LogP contribution is -2.29. The third kappa shape index (κ3) is 6.85. The van der Waals surface area contributed by atoms with Crippen LogP contribution in [0.4, 0.5) is 0 Å². The zero-order valence-corrected chi connectivity index (χ0v) is 12.5. The lowest BCUT2D eigenvalue weighted by atomic mass is 10.1. The molecule has 8 heteroatoms. The number of hydrogen-bond donors (Lipinski definition) is 3. The van der Waals surface area contributed by atoms with Gasteiger partial charge in [-0.1, -0.05) is 11.8 Å². The van der Waals surface area contributed by atoms with E-state index in [0.29, 0.717) is 24.1 Å². The predicted octanol–water partition coefficient (Wildman–Crippen LogP) is -0.939. The largest absolute Gasteiger partial charge is 0.352 e. The molecule has 0 saturated heterocycles. The van der Waals surface area contributed by atoms with Gasteiger partial charge < -0.3 is 11.1 Å². The second kappa shape index (κ2) is 8.36. The molecule has 1 rings (SSSR count). The summed E-state index contributed by atoms with van der Waals surface area (Å²) in [7, 11) is -3.20. The van der Waals surface area contributed by atoms with Crippen molar-refractivity contribution in [2.24, 2.45) is 5.73 Å². The van der Waals surface area contributed by atoms with E-state index >= 15 is 0 Å². The molecule has 0 radical (unpaired) electrons. The van der Waals surface area contributed by atoms with Gasteiger partial charge in [0, 0.05) is 25.5 Å². The molecule has 0 aliphatic rings. The fourth-order valence-corrected chi connectivity index (χ4v) is 2.00. The molecule has 7 nitrogen and oxygen atoms in total. The third-order valence-corrected chi connectivity index (χ3v) is 3.12. The number of carbonyl (C=O) groups excluding carboxylic acids is 1. The van der Waals surface area contributed by atoms with Gasteiger partial charge >= 0.3 is 0 Å². The van der Waals surface area contributed by atoms with Crippen molar-refractivity contribution in [1.82, 2.24) is 15.0 Å². The van der Waals surface area contributed by atoms with Crippen LogP contribution in [0.1, 0.15) is 22.3 Å². The van der Waals surface area contributed by atoms with E-state index in [4.69, 9.17) is 5.73 Å². The molecule has 0 aromatic carbocycles. The van der Waals surface area contributed by atoms with Crippen molar-refractivity contribution < 1.29 is 13.2 Å². The van der Waals surface area contributed by atoms with Crippen molar-refractivity contribution in [2.75, 3.05) is 25.9 Å². The molecule has 1 heterocycles. The van der Waals surface area contributed by atoms with Crippen LogP contribution in [0, 0.1) is 11.8 Å². The first-order chi connectivity index (χ1) is 9.94. The van der Waals surface area contributed by atoms with Crippen LogP contribution in [-0.2, 0) is 10.0 Å². The number of nitrogens with zero attached hydrogens (tertiary/aromatic N) is 1.